The number of aliphatic carboxylic acids is 1. The first-order valence-electron chi connectivity index (χ1n) is 8.23. The lowest BCUT2D eigenvalue weighted by molar-refractivity contribution is -0.137. The topological polar surface area (TPSA) is 53.4 Å². The van der Waals surface area contributed by atoms with Gasteiger partial charge in [-0.15, -0.1) is 11.8 Å². The predicted molar refractivity (Wildman–Crippen MR) is 101 cm³/mol. The first kappa shape index (κ1) is 19.2. The highest BCUT2D eigenvalue weighted by molar-refractivity contribution is 7.99. The summed E-state index contributed by atoms with van der Waals surface area (Å²) >= 11 is 1.65. The zero-order valence-electron chi connectivity index (χ0n) is 14.7. The summed E-state index contributed by atoms with van der Waals surface area (Å²) in [6.07, 6.45) is 2.30. The van der Waals surface area contributed by atoms with Crippen LogP contribution in [0.25, 0.3) is 11.1 Å². The van der Waals surface area contributed by atoms with Crippen LogP contribution in [-0.2, 0) is 4.79 Å². The van der Waals surface area contributed by atoms with Crippen molar-refractivity contribution in [3.05, 3.63) is 42.3 Å². The van der Waals surface area contributed by atoms with E-state index in [9.17, 15) is 9.18 Å². The van der Waals surface area contributed by atoms with Crippen LogP contribution in [0.3, 0.4) is 0 Å². The standard InChI is InChI=1S/C19H23FN2O2S/c1-13(2)25-19-15(6-4-10-21-19)14-8-9-17(16(20)12-14)22(3)11-5-7-18(23)24/h4,6,8-10,12-13H,5,7,11H2,1-3H3,(H,23,24). The van der Waals surface area contributed by atoms with Gasteiger partial charge in [-0.2, -0.15) is 0 Å². The summed E-state index contributed by atoms with van der Waals surface area (Å²) < 4.78 is 14.6. The fourth-order valence-corrected chi connectivity index (χ4v) is 3.38. The molecule has 0 amide bonds. The minimum absolute atomic E-state index is 0.0789. The summed E-state index contributed by atoms with van der Waals surface area (Å²) in [7, 11) is 1.77. The molecule has 0 atom stereocenters. The number of hydrogen-bond donors (Lipinski definition) is 1. The Bertz CT molecular complexity index is 737. The van der Waals surface area contributed by atoms with Gasteiger partial charge in [0.25, 0.3) is 0 Å². The highest BCUT2D eigenvalue weighted by Crippen LogP contribution is 2.33. The van der Waals surface area contributed by atoms with Crippen molar-refractivity contribution in [1.29, 1.82) is 0 Å². The number of pyridine rings is 1. The molecule has 0 radical (unpaired) electrons. The smallest absolute Gasteiger partial charge is 0.303 e. The molecule has 0 fully saturated rings. The van der Waals surface area contributed by atoms with E-state index in [0.717, 1.165) is 16.2 Å². The van der Waals surface area contributed by atoms with Crippen molar-refractivity contribution < 1.29 is 14.3 Å². The van der Waals surface area contributed by atoms with Crippen molar-refractivity contribution >= 4 is 23.4 Å². The highest BCUT2D eigenvalue weighted by atomic mass is 32.2. The molecule has 1 heterocycles. The molecule has 1 aromatic carbocycles. The highest BCUT2D eigenvalue weighted by Gasteiger charge is 2.13. The van der Waals surface area contributed by atoms with Crippen LogP contribution in [0.5, 0.6) is 0 Å². The molecule has 0 spiro atoms. The second-order valence-electron chi connectivity index (χ2n) is 6.11. The Morgan fingerprint density at radius 1 is 1.36 bits per heavy atom. The van der Waals surface area contributed by atoms with Crippen molar-refractivity contribution in [2.45, 2.75) is 37.0 Å². The summed E-state index contributed by atoms with van der Waals surface area (Å²) in [5, 5.41) is 9.98. The molecule has 0 aliphatic rings. The maximum absolute atomic E-state index is 14.6. The number of halogens is 1. The van der Waals surface area contributed by atoms with Crippen molar-refractivity contribution in [2.75, 3.05) is 18.5 Å². The van der Waals surface area contributed by atoms with Crippen molar-refractivity contribution in [2.24, 2.45) is 0 Å². The van der Waals surface area contributed by atoms with Crippen LogP contribution in [0.1, 0.15) is 26.7 Å². The van der Waals surface area contributed by atoms with E-state index < -0.39 is 5.97 Å². The summed E-state index contributed by atoms with van der Waals surface area (Å²) in [4.78, 5) is 16.8. The van der Waals surface area contributed by atoms with E-state index in [1.807, 2.05) is 18.2 Å². The van der Waals surface area contributed by atoms with Gasteiger partial charge in [0, 0.05) is 37.0 Å². The number of anilines is 1. The number of thioether (sulfide) groups is 1. The van der Waals surface area contributed by atoms with Gasteiger partial charge < -0.3 is 10.0 Å². The van der Waals surface area contributed by atoms with Crippen LogP contribution in [-0.4, -0.2) is 34.9 Å². The molecule has 0 aliphatic heterocycles. The molecule has 1 aromatic heterocycles. The van der Waals surface area contributed by atoms with Gasteiger partial charge >= 0.3 is 5.97 Å². The van der Waals surface area contributed by atoms with E-state index >= 15 is 0 Å². The number of nitrogens with zero attached hydrogens (tertiary/aromatic N) is 2. The first-order valence-corrected chi connectivity index (χ1v) is 9.11. The maximum Gasteiger partial charge on any atom is 0.303 e. The van der Waals surface area contributed by atoms with Gasteiger partial charge in [-0.3, -0.25) is 4.79 Å². The van der Waals surface area contributed by atoms with Crippen molar-refractivity contribution in [1.82, 2.24) is 4.98 Å². The van der Waals surface area contributed by atoms with E-state index in [4.69, 9.17) is 5.11 Å². The lowest BCUT2D eigenvalue weighted by atomic mass is 10.1. The number of carboxylic acid groups (broad SMARTS) is 1. The number of carbonyl (C=O) groups is 1. The van der Waals surface area contributed by atoms with Crippen LogP contribution in [0, 0.1) is 5.82 Å². The lowest BCUT2D eigenvalue weighted by Crippen LogP contribution is -2.20. The van der Waals surface area contributed by atoms with Gasteiger partial charge in [0.15, 0.2) is 0 Å². The minimum atomic E-state index is -0.837. The third kappa shape index (κ3) is 5.46. The number of benzene rings is 1. The minimum Gasteiger partial charge on any atom is -0.481 e. The number of rotatable bonds is 8. The summed E-state index contributed by atoms with van der Waals surface area (Å²) in [6.45, 7) is 4.68. The second kappa shape index (κ2) is 8.85. The largest absolute Gasteiger partial charge is 0.481 e. The van der Waals surface area contributed by atoms with Gasteiger partial charge in [-0.1, -0.05) is 26.0 Å². The zero-order chi connectivity index (χ0) is 18.4. The molecule has 0 saturated heterocycles. The SMILES string of the molecule is CC(C)Sc1ncccc1-c1ccc(N(C)CCCC(=O)O)c(F)c1. The molecule has 6 heteroatoms. The normalized spacial score (nSPS) is 10.9. The lowest BCUT2D eigenvalue weighted by Gasteiger charge is -2.20. The molecule has 4 nitrogen and oxygen atoms in total. The van der Waals surface area contributed by atoms with Crippen molar-refractivity contribution in [3.8, 4) is 11.1 Å². The second-order valence-corrected chi connectivity index (χ2v) is 7.67. The molecule has 0 unspecified atom stereocenters. The summed E-state index contributed by atoms with van der Waals surface area (Å²) in [6, 6.07) is 8.94. The van der Waals surface area contributed by atoms with Crippen molar-refractivity contribution in [3.63, 3.8) is 0 Å². The Kier molecular flexibility index (Phi) is 6.82. The van der Waals surface area contributed by atoms with Crippen LogP contribution in [0.2, 0.25) is 0 Å². The fourth-order valence-electron chi connectivity index (χ4n) is 2.50. The fraction of sp³-hybridized carbons (Fsp3) is 0.368. The van der Waals surface area contributed by atoms with Crippen LogP contribution in [0.15, 0.2) is 41.6 Å². The molecular formula is C19H23FN2O2S. The van der Waals surface area contributed by atoms with Gasteiger partial charge in [0.05, 0.1) is 5.69 Å². The average Bonchev–Trinajstić information content (AvgIpc) is 2.54. The van der Waals surface area contributed by atoms with E-state index in [-0.39, 0.29) is 12.2 Å². The number of hydrogen-bond acceptors (Lipinski definition) is 4. The molecule has 25 heavy (non-hydrogen) atoms. The average molecular weight is 362 g/mol. The monoisotopic (exact) mass is 362 g/mol. The van der Waals surface area contributed by atoms with Gasteiger partial charge in [0.1, 0.15) is 10.8 Å². The van der Waals surface area contributed by atoms with Crippen LogP contribution < -0.4 is 4.90 Å². The number of carboxylic acids is 1. The Morgan fingerprint density at radius 2 is 2.12 bits per heavy atom. The van der Waals surface area contributed by atoms with Gasteiger partial charge in [-0.25, -0.2) is 9.37 Å². The Balaban J connectivity index is 2.21. The molecule has 1 N–H and O–H groups in total. The molecule has 0 aliphatic carbocycles. The van der Waals surface area contributed by atoms with Crippen LogP contribution in [0.4, 0.5) is 10.1 Å². The molecule has 2 rings (SSSR count). The third-order valence-electron chi connectivity index (χ3n) is 3.67. The van der Waals surface area contributed by atoms with Gasteiger partial charge in [0.2, 0.25) is 0 Å². The Hall–Kier alpha value is -2.08. The van der Waals surface area contributed by atoms with Crippen LogP contribution >= 0.6 is 11.8 Å². The molecular weight excluding hydrogens is 339 g/mol. The Morgan fingerprint density at radius 3 is 2.76 bits per heavy atom. The van der Waals surface area contributed by atoms with E-state index in [1.54, 1.807) is 36.0 Å². The Labute approximate surface area is 152 Å². The first-order chi connectivity index (χ1) is 11.9. The molecule has 0 bridgehead atoms. The van der Waals surface area contributed by atoms with E-state index in [1.165, 1.54) is 6.07 Å². The zero-order valence-corrected chi connectivity index (χ0v) is 15.5. The molecule has 134 valence electrons. The quantitative estimate of drug-likeness (QED) is 0.691. The molecule has 0 saturated carbocycles. The summed E-state index contributed by atoms with van der Waals surface area (Å²) in [5.41, 5.74) is 2.17. The van der Waals surface area contributed by atoms with E-state index in [0.29, 0.717) is 23.9 Å². The number of aromatic nitrogens is 1. The molecule has 2 aromatic rings. The predicted octanol–water partition coefficient (Wildman–Crippen LogP) is 4.69. The third-order valence-corrected chi connectivity index (χ3v) is 4.69. The van der Waals surface area contributed by atoms with Gasteiger partial charge in [-0.05, 0) is 30.2 Å². The summed E-state index contributed by atoms with van der Waals surface area (Å²) in [5.74, 6) is -1.16. The van der Waals surface area contributed by atoms with E-state index in [2.05, 4.69) is 18.8 Å². The maximum atomic E-state index is 14.6.